The third-order valence-electron chi connectivity index (χ3n) is 9.40. The van der Waals surface area contributed by atoms with E-state index >= 15 is 0 Å². The highest BCUT2D eigenvalue weighted by Crippen LogP contribution is 2.46. The molecule has 0 spiro atoms. The largest absolute Gasteiger partial charge is 0.571 e. The normalized spacial score (nSPS) is 40.6. The molecule has 2 aromatic rings. The fourth-order valence-corrected chi connectivity index (χ4v) is 6.26. The maximum absolute atomic E-state index is 11.0. The number of rotatable bonds is 9. The molecule has 0 radical (unpaired) electrons. The van der Waals surface area contributed by atoms with E-state index in [0.717, 1.165) is 6.07 Å². The number of hydrogen-bond acceptors (Lipinski definition) is 18. The number of hydrogen-bond donors (Lipinski definition) is 12. The summed E-state index contributed by atoms with van der Waals surface area (Å²) in [6.45, 7) is 0.226. The number of benzene rings is 2. The van der Waals surface area contributed by atoms with E-state index in [2.05, 4.69) is 4.74 Å². The van der Waals surface area contributed by atoms with Gasteiger partial charge in [-0.2, -0.15) is 0 Å². The molecule has 4 aliphatic rings. The van der Waals surface area contributed by atoms with Crippen LogP contribution in [0.1, 0.15) is 24.2 Å². The summed E-state index contributed by atoms with van der Waals surface area (Å²) < 4.78 is 38.6. The van der Waals surface area contributed by atoms with Crippen LogP contribution in [0.2, 0.25) is 0 Å². The molecule has 4 heterocycles. The van der Waals surface area contributed by atoms with Crippen molar-refractivity contribution in [3.63, 3.8) is 0 Å². The fourth-order valence-electron chi connectivity index (χ4n) is 6.26. The molecule has 19 nitrogen and oxygen atoms in total. The second kappa shape index (κ2) is 15.5. The van der Waals surface area contributed by atoms with Gasteiger partial charge in [0.2, 0.25) is 12.6 Å². The minimum atomic E-state index is -1.83. The summed E-state index contributed by atoms with van der Waals surface area (Å²) >= 11 is 0. The molecule has 16 atom stereocenters. The fraction of sp³-hybridized carbons (Fsp3) is 0.576. The Morgan fingerprint density at radius 1 is 0.654 bits per heavy atom. The summed E-state index contributed by atoms with van der Waals surface area (Å²) in [5, 5.41) is 124. The van der Waals surface area contributed by atoms with Gasteiger partial charge in [0.15, 0.2) is 12.0 Å². The summed E-state index contributed by atoms with van der Waals surface area (Å²) in [5.74, 6) is -0.454. The van der Waals surface area contributed by atoms with E-state index in [9.17, 15) is 61.3 Å². The van der Waals surface area contributed by atoms with Gasteiger partial charge < -0.3 is 94.4 Å². The van der Waals surface area contributed by atoms with Crippen molar-refractivity contribution < 1.29 is 94.4 Å². The van der Waals surface area contributed by atoms with Crippen LogP contribution in [0.5, 0.6) is 23.0 Å². The van der Waals surface area contributed by atoms with Crippen molar-refractivity contribution in [2.75, 3.05) is 13.2 Å². The molecule has 52 heavy (non-hydrogen) atoms. The average molecular weight is 744 g/mol. The molecular formula is C33H43O19+. The standard InChI is InChI=1S/C33H42O19/c1-11-21(37)24(40)27(43)31(47-11)46-10-20-23(39)26(42)29(45)33(52-20)50-18-8-15-16(36)6-14(48-32-28(44)25(41)22(38)19(9-34)51-32)7-17(15)49-30(18)12-2-4-13(35)5-3-12/h2-8,11,19-45H,9-10H2,1H3/p+1/t11-,19+,20+,21-,22+,23+,24-,25-,26-,27-,28+,29+,30?,31+,32+,33+/m0/s1. The van der Waals surface area contributed by atoms with Crippen LogP contribution in [0.4, 0.5) is 0 Å². The van der Waals surface area contributed by atoms with Crippen molar-refractivity contribution in [2.24, 2.45) is 0 Å². The number of aromatic hydroxyl groups is 3. The van der Waals surface area contributed by atoms with Gasteiger partial charge >= 0.3 is 0 Å². The van der Waals surface area contributed by atoms with Crippen molar-refractivity contribution in [1.29, 1.82) is 0 Å². The molecule has 1 unspecified atom stereocenters. The number of ether oxygens (including phenoxy) is 7. The van der Waals surface area contributed by atoms with Crippen LogP contribution in [-0.4, -0.2) is 171 Å². The van der Waals surface area contributed by atoms with Gasteiger partial charge in [0, 0.05) is 12.1 Å². The Morgan fingerprint density at radius 2 is 1.23 bits per heavy atom. The van der Waals surface area contributed by atoms with Gasteiger partial charge in [-0.25, -0.2) is 0 Å². The highest BCUT2D eigenvalue weighted by atomic mass is 16.7. The van der Waals surface area contributed by atoms with Gasteiger partial charge in [-0.1, -0.05) is 0 Å². The molecule has 0 bridgehead atoms. The van der Waals surface area contributed by atoms with Gasteiger partial charge in [0.1, 0.15) is 90.0 Å². The van der Waals surface area contributed by atoms with Gasteiger partial charge in [-0.3, -0.25) is 0 Å². The predicted octanol–water partition coefficient (Wildman–Crippen LogP) is -3.72. The lowest BCUT2D eigenvalue weighted by atomic mass is 9.98. The number of aliphatic hydroxyl groups is 11. The van der Waals surface area contributed by atoms with Crippen molar-refractivity contribution in [2.45, 2.75) is 105 Å². The molecule has 3 fully saturated rings. The summed E-state index contributed by atoms with van der Waals surface area (Å²) in [6.07, 6.45) is -23.0. The second-order valence-electron chi connectivity index (χ2n) is 13.0. The SMILES string of the molecule is C[C@@H]1O[C@@H](OC[C@H]2O[C@@H](OC3=Cc4c(O)cc(O[C@@H]5O[C@H](CO)[C@@H](O)[C@H](O)[C@H]5O)cc4[OH+]C3c3ccc(O)cc3)[C@H](O)[C@@H](O)[C@@H]2O)[C@@H](O)[C@@H](O)[C@H]1O. The summed E-state index contributed by atoms with van der Waals surface area (Å²) in [5.41, 5.74) is 0.536. The summed E-state index contributed by atoms with van der Waals surface area (Å²) in [4.78, 5) is 0. The van der Waals surface area contributed by atoms with Gasteiger partial charge in [0.25, 0.3) is 11.9 Å². The summed E-state index contributed by atoms with van der Waals surface area (Å²) in [6, 6.07) is 8.32. The maximum Gasteiger partial charge on any atom is 0.270 e. The van der Waals surface area contributed by atoms with Crippen LogP contribution in [0.3, 0.4) is 0 Å². The minimum absolute atomic E-state index is 0.0274. The van der Waals surface area contributed by atoms with E-state index < -0.39 is 117 Å². The van der Waals surface area contributed by atoms with Crippen LogP contribution < -0.4 is 4.74 Å². The average Bonchev–Trinajstić information content (AvgIpc) is 3.12. The van der Waals surface area contributed by atoms with Crippen LogP contribution in [0, 0.1) is 0 Å². The molecule has 0 amide bonds. The topological polar surface area (TPSA) is 311 Å². The molecule has 2 aromatic carbocycles. The third kappa shape index (κ3) is 7.52. The Hall–Kier alpha value is -3.38. The van der Waals surface area contributed by atoms with Crippen LogP contribution in [-0.2, 0) is 23.7 Å². The van der Waals surface area contributed by atoms with Crippen LogP contribution in [0.25, 0.3) is 6.08 Å². The Labute approximate surface area is 295 Å². The Kier molecular flexibility index (Phi) is 11.5. The Balaban J connectivity index is 1.24. The van der Waals surface area contributed by atoms with Gasteiger partial charge in [-0.15, -0.1) is 0 Å². The summed E-state index contributed by atoms with van der Waals surface area (Å²) in [7, 11) is 0. The first kappa shape index (κ1) is 38.3. The smallest absolute Gasteiger partial charge is 0.270 e. The lowest BCUT2D eigenvalue weighted by Crippen LogP contribution is -2.61. The zero-order chi connectivity index (χ0) is 37.6. The van der Waals surface area contributed by atoms with E-state index in [4.69, 9.17) is 28.4 Å². The van der Waals surface area contributed by atoms with Gasteiger partial charge in [-0.05, 0) is 31.2 Å². The maximum atomic E-state index is 11.0. The first-order valence-electron chi connectivity index (χ1n) is 16.4. The molecule has 0 aliphatic carbocycles. The zero-order valence-electron chi connectivity index (χ0n) is 27.5. The molecule has 0 aromatic heterocycles. The Bertz CT molecular complexity index is 1550. The van der Waals surface area contributed by atoms with E-state index in [1.807, 2.05) is 0 Å². The number of phenols is 2. The highest BCUT2D eigenvalue weighted by molar-refractivity contribution is 5.69. The quantitative estimate of drug-likeness (QED) is 0.110. The van der Waals surface area contributed by atoms with Crippen LogP contribution >= 0.6 is 0 Å². The highest BCUT2D eigenvalue weighted by Gasteiger charge is 2.49. The van der Waals surface area contributed by atoms with E-state index in [1.165, 1.54) is 43.3 Å². The number of phenolic OH excluding ortho intramolecular Hbond substituents is 2. The first-order chi connectivity index (χ1) is 24.7. The van der Waals surface area contributed by atoms with Crippen molar-refractivity contribution in [1.82, 2.24) is 0 Å². The zero-order valence-corrected chi connectivity index (χ0v) is 27.5. The molecule has 19 heteroatoms. The monoisotopic (exact) mass is 743 g/mol. The molecular weight excluding hydrogens is 700 g/mol. The molecule has 288 valence electrons. The van der Waals surface area contributed by atoms with Crippen molar-refractivity contribution in [3.8, 4) is 23.0 Å². The van der Waals surface area contributed by atoms with E-state index in [-0.39, 0.29) is 28.6 Å². The van der Waals surface area contributed by atoms with Gasteiger partial charge in [0.05, 0.1) is 30.9 Å². The van der Waals surface area contributed by atoms with Crippen molar-refractivity contribution >= 4 is 6.08 Å². The predicted molar refractivity (Wildman–Crippen MR) is 169 cm³/mol. The Morgan fingerprint density at radius 3 is 1.88 bits per heavy atom. The van der Waals surface area contributed by atoms with E-state index in [0.29, 0.717) is 5.56 Å². The lowest BCUT2D eigenvalue weighted by molar-refractivity contribution is -0.325. The molecule has 4 aliphatic heterocycles. The molecule has 13 N–H and O–H groups in total. The van der Waals surface area contributed by atoms with E-state index in [1.54, 1.807) is 0 Å². The lowest BCUT2D eigenvalue weighted by Gasteiger charge is -2.42. The minimum Gasteiger partial charge on any atom is -0.571 e. The number of aliphatic hydroxyl groups excluding tert-OH is 10. The second-order valence-corrected chi connectivity index (χ2v) is 13.0. The molecule has 3 saturated heterocycles. The molecule has 0 saturated carbocycles. The first-order valence-corrected chi connectivity index (χ1v) is 16.4. The van der Waals surface area contributed by atoms with Crippen LogP contribution in [0.15, 0.2) is 42.2 Å². The third-order valence-corrected chi connectivity index (χ3v) is 9.40. The number of fused-ring (bicyclic) bond motifs is 1. The molecule has 6 rings (SSSR count). The van der Waals surface area contributed by atoms with Crippen molar-refractivity contribution in [3.05, 3.63) is 53.3 Å².